The van der Waals surface area contributed by atoms with Crippen molar-refractivity contribution in [2.24, 2.45) is 0 Å². The quantitative estimate of drug-likeness (QED) is 0.284. The summed E-state index contributed by atoms with van der Waals surface area (Å²) in [6.07, 6.45) is 0. The average Bonchev–Trinajstić information content (AvgIpc) is 2.41. The van der Waals surface area contributed by atoms with E-state index < -0.39 is 20.5 Å². The highest BCUT2D eigenvalue weighted by molar-refractivity contribution is 14.1. The van der Waals surface area contributed by atoms with E-state index in [1.165, 1.54) is 6.07 Å². The van der Waals surface area contributed by atoms with E-state index >= 15 is 0 Å². The van der Waals surface area contributed by atoms with E-state index in [0.717, 1.165) is 12.1 Å². The largest absolute Gasteiger partial charge is 0.473 e. The van der Waals surface area contributed by atoms with Gasteiger partial charge in [-0.15, -0.1) is 0 Å². The highest BCUT2D eigenvalue weighted by atomic mass is 127. The fourth-order valence-electron chi connectivity index (χ4n) is 1.58. The van der Waals surface area contributed by atoms with Gasteiger partial charge in [-0.1, -0.05) is 18.2 Å². The molecule has 0 amide bonds. The zero-order valence-electron chi connectivity index (χ0n) is 10.1. The van der Waals surface area contributed by atoms with Crippen molar-refractivity contribution in [3.05, 3.63) is 64.0 Å². The molecular weight excluding hydrogens is 378 g/mol. The van der Waals surface area contributed by atoms with Gasteiger partial charge >= 0.3 is 5.69 Å². The lowest BCUT2D eigenvalue weighted by Gasteiger charge is -2.14. The summed E-state index contributed by atoms with van der Waals surface area (Å²) < 4.78 is 18.4. The normalized spacial score (nSPS) is 11.9. The van der Waals surface area contributed by atoms with Crippen LogP contribution in [0.25, 0.3) is 0 Å². The van der Waals surface area contributed by atoms with Crippen LogP contribution in [0.4, 0.5) is 15.8 Å². The molecule has 5 nitrogen and oxygen atoms in total. The minimum absolute atomic E-state index is 0.464. The van der Waals surface area contributed by atoms with Gasteiger partial charge in [0.1, 0.15) is 5.75 Å². The lowest BCUT2D eigenvalue weighted by Crippen LogP contribution is -2.03. The van der Waals surface area contributed by atoms with Crippen LogP contribution in [0.3, 0.4) is 0 Å². The Hall–Kier alpha value is -1.90. The fourth-order valence-corrected chi connectivity index (χ4v) is 2.24. The fraction of sp³-hybridized carbons (Fsp3) is 0.0769. The molecule has 0 aliphatic heterocycles. The number of halogens is 2. The molecule has 2 aromatic carbocycles. The van der Waals surface area contributed by atoms with Crippen LogP contribution in [0.1, 0.15) is 9.67 Å². The number of nitrogens with zero attached hydrogens (tertiary/aromatic N) is 1. The van der Waals surface area contributed by atoms with Crippen molar-refractivity contribution in [2.45, 2.75) is 4.11 Å². The number of hydrogen-bond donors (Lipinski definition) is 1. The summed E-state index contributed by atoms with van der Waals surface area (Å²) in [6, 6.07) is 10.6. The first-order valence-corrected chi connectivity index (χ1v) is 6.82. The Bertz CT molecular complexity index is 651. The first-order chi connectivity index (χ1) is 9.49. The zero-order valence-corrected chi connectivity index (χ0v) is 12.3. The highest BCUT2D eigenvalue weighted by Crippen LogP contribution is 2.33. The standard InChI is InChI=1S/C13H10FIN2O3/c14-9-6-5-8(7-11(9)17(18)19)13(15)20-12-4-2-1-3-10(12)16/h1-7,13H,16H2. The van der Waals surface area contributed by atoms with Crippen LogP contribution < -0.4 is 10.5 Å². The number of nitro benzene ring substituents is 1. The van der Waals surface area contributed by atoms with Gasteiger partial charge in [-0.3, -0.25) is 10.1 Å². The molecule has 0 aliphatic rings. The average molecular weight is 388 g/mol. The van der Waals surface area contributed by atoms with Crippen molar-refractivity contribution < 1.29 is 14.1 Å². The van der Waals surface area contributed by atoms with E-state index in [1.807, 2.05) is 22.6 Å². The van der Waals surface area contributed by atoms with Crippen LogP contribution in [-0.2, 0) is 0 Å². The summed E-state index contributed by atoms with van der Waals surface area (Å²) in [4.78, 5) is 9.95. The molecule has 1 atom stereocenters. The Labute approximate surface area is 127 Å². The maximum absolute atomic E-state index is 13.3. The number of hydrogen-bond acceptors (Lipinski definition) is 4. The summed E-state index contributed by atoms with van der Waals surface area (Å²) in [5, 5.41) is 10.7. The van der Waals surface area contributed by atoms with Crippen LogP contribution in [0, 0.1) is 15.9 Å². The van der Waals surface area contributed by atoms with Crippen LogP contribution >= 0.6 is 22.6 Å². The van der Waals surface area contributed by atoms with Gasteiger partial charge in [-0.25, -0.2) is 0 Å². The third-order valence-electron chi connectivity index (χ3n) is 2.58. The lowest BCUT2D eigenvalue weighted by atomic mass is 10.2. The van der Waals surface area contributed by atoms with E-state index in [2.05, 4.69) is 0 Å². The highest BCUT2D eigenvalue weighted by Gasteiger charge is 2.19. The van der Waals surface area contributed by atoms with Crippen molar-refractivity contribution >= 4 is 34.0 Å². The van der Waals surface area contributed by atoms with Gasteiger partial charge in [0, 0.05) is 11.6 Å². The summed E-state index contributed by atoms with van der Waals surface area (Å²) >= 11 is 1.96. The molecule has 0 saturated heterocycles. The number of alkyl halides is 1. The van der Waals surface area contributed by atoms with Gasteiger partial charge in [0.25, 0.3) is 0 Å². The number of para-hydroxylation sites is 2. The molecule has 0 radical (unpaired) electrons. The number of nitrogens with two attached hydrogens (primary N) is 1. The summed E-state index contributed by atoms with van der Waals surface area (Å²) in [5.74, 6) is -0.402. The second-order valence-electron chi connectivity index (χ2n) is 3.94. The molecule has 0 fully saturated rings. The van der Waals surface area contributed by atoms with E-state index in [9.17, 15) is 14.5 Å². The molecule has 104 valence electrons. The molecule has 0 aliphatic carbocycles. The minimum Gasteiger partial charge on any atom is -0.473 e. The summed E-state index contributed by atoms with van der Waals surface area (Å²) in [7, 11) is 0. The Morgan fingerprint density at radius 2 is 2.00 bits per heavy atom. The molecule has 0 saturated carbocycles. The smallest absolute Gasteiger partial charge is 0.305 e. The van der Waals surface area contributed by atoms with E-state index in [4.69, 9.17) is 10.5 Å². The van der Waals surface area contributed by atoms with Gasteiger partial charge < -0.3 is 10.5 Å². The van der Waals surface area contributed by atoms with Gasteiger partial charge in [0.05, 0.1) is 10.6 Å². The van der Waals surface area contributed by atoms with Crippen LogP contribution in [0.15, 0.2) is 42.5 Å². The van der Waals surface area contributed by atoms with E-state index in [0.29, 0.717) is 17.0 Å². The van der Waals surface area contributed by atoms with Crippen molar-refractivity contribution in [1.29, 1.82) is 0 Å². The predicted molar refractivity (Wildman–Crippen MR) is 81.3 cm³/mol. The lowest BCUT2D eigenvalue weighted by molar-refractivity contribution is -0.387. The van der Waals surface area contributed by atoms with Crippen LogP contribution in [-0.4, -0.2) is 4.92 Å². The number of rotatable bonds is 4. The molecule has 1 unspecified atom stereocenters. The molecule has 20 heavy (non-hydrogen) atoms. The number of nitrogen functional groups attached to an aromatic ring is 1. The third-order valence-corrected chi connectivity index (χ3v) is 3.55. The number of ether oxygens (including phenoxy) is 1. The minimum atomic E-state index is -0.874. The van der Waals surface area contributed by atoms with Crippen LogP contribution in [0.5, 0.6) is 5.75 Å². The van der Waals surface area contributed by atoms with Crippen molar-refractivity contribution in [3.8, 4) is 5.75 Å². The maximum Gasteiger partial charge on any atom is 0.305 e. The predicted octanol–water partition coefficient (Wildman–Crippen LogP) is 3.83. The molecule has 0 heterocycles. The van der Waals surface area contributed by atoms with E-state index in [1.54, 1.807) is 24.3 Å². The zero-order chi connectivity index (χ0) is 14.7. The molecule has 2 aromatic rings. The van der Waals surface area contributed by atoms with Crippen molar-refractivity contribution in [3.63, 3.8) is 0 Å². The number of nitro groups is 1. The van der Waals surface area contributed by atoms with Gasteiger partial charge in [-0.05, 0) is 40.8 Å². The second kappa shape index (κ2) is 6.04. The van der Waals surface area contributed by atoms with E-state index in [-0.39, 0.29) is 0 Å². The summed E-state index contributed by atoms with van der Waals surface area (Å²) in [6.45, 7) is 0. The number of anilines is 1. The Kier molecular flexibility index (Phi) is 4.38. The Balaban J connectivity index is 2.26. The molecule has 2 N–H and O–H groups in total. The SMILES string of the molecule is Nc1ccccc1OC(I)c1ccc(F)c([N+](=O)[O-])c1. The van der Waals surface area contributed by atoms with Crippen molar-refractivity contribution in [2.75, 3.05) is 5.73 Å². The third kappa shape index (κ3) is 3.16. The Morgan fingerprint density at radius 3 is 2.65 bits per heavy atom. The molecule has 0 aromatic heterocycles. The molecule has 0 bridgehead atoms. The molecular formula is C13H10FIN2O3. The summed E-state index contributed by atoms with van der Waals surface area (Å²) in [5.41, 5.74) is 6.13. The number of benzene rings is 2. The Morgan fingerprint density at radius 1 is 1.30 bits per heavy atom. The second-order valence-corrected chi connectivity index (χ2v) is 5.07. The van der Waals surface area contributed by atoms with Gasteiger partial charge in [0.15, 0.2) is 4.11 Å². The first-order valence-electron chi connectivity index (χ1n) is 5.58. The molecule has 0 spiro atoms. The molecule has 7 heteroatoms. The topological polar surface area (TPSA) is 78.4 Å². The van der Waals surface area contributed by atoms with Crippen molar-refractivity contribution in [1.82, 2.24) is 0 Å². The van der Waals surface area contributed by atoms with Crippen LogP contribution in [0.2, 0.25) is 0 Å². The maximum atomic E-state index is 13.3. The van der Waals surface area contributed by atoms with Gasteiger partial charge in [0.2, 0.25) is 5.82 Å². The molecule has 2 rings (SSSR count). The monoisotopic (exact) mass is 388 g/mol. The first kappa shape index (κ1) is 14.5. The van der Waals surface area contributed by atoms with Gasteiger partial charge in [-0.2, -0.15) is 4.39 Å².